The summed E-state index contributed by atoms with van der Waals surface area (Å²) in [4.78, 5) is 62.3. The maximum atomic E-state index is 12.8. The zero-order valence-corrected chi connectivity index (χ0v) is 18.8. The van der Waals surface area contributed by atoms with Crippen molar-refractivity contribution in [2.24, 2.45) is 0 Å². The minimum Gasteiger partial charge on any atom is -0.465 e. The number of urea groups is 1. The highest BCUT2D eigenvalue weighted by Gasteiger charge is 2.47. The Balaban J connectivity index is 2.11. The number of ether oxygens (including phenoxy) is 2. The summed E-state index contributed by atoms with van der Waals surface area (Å²) in [5.41, 5.74) is -0.873. The van der Waals surface area contributed by atoms with Gasteiger partial charge in [-0.2, -0.15) is 0 Å². The lowest BCUT2D eigenvalue weighted by molar-refractivity contribution is -0.133. The van der Waals surface area contributed by atoms with E-state index in [2.05, 4.69) is 27.0 Å². The molecule has 0 spiro atoms. The molecule has 1 heterocycles. The molecule has 0 saturated carbocycles. The molecular weight excluding hydrogens is 418 g/mol. The maximum Gasteiger partial charge on any atom is 0.337 e. The number of hydrogen-bond acceptors (Lipinski definition) is 7. The SMILES string of the molecule is CCCCCCC1(C)NC(=O)N(CC(=O)Nc2cc(C(=O)OC)cc(C(=O)OC)c2)C1=O. The van der Waals surface area contributed by atoms with Gasteiger partial charge in [-0.1, -0.05) is 32.6 Å². The number of imide groups is 1. The molecule has 1 aromatic carbocycles. The largest absolute Gasteiger partial charge is 0.465 e. The van der Waals surface area contributed by atoms with Gasteiger partial charge in [-0.25, -0.2) is 14.4 Å². The number of anilines is 1. The summed E-state index contributed by atoms with van der Waals surface area (Å²) in [7, 11) is 2.37. The zero-order valence-electron chi connectivity index (χ0n) is 18.8. The Bertz CT molecular complexity index is 881. The van der Waals surface area contributed by atoms with Crippen LogP contribution in [0.3, 0.4) is 0 Å². The fourth-order valence-electron chi connectivity index (χ4n) is 3.48. The lowest BCUT2D eigenvalue weighted by Gasteiger charge is -2.21. The second kappa shape index (κ2) is 10.7. The lowest BCUT2D eigenvalue weighted by atomic mass is 9.94. The van der Waals surface area contributed by atoms with Crippen molar-refractivity contribution in [3.63, 3.8) is 0 Å². The van der Waals surface area contributed by atoms with Crippen LogP contribution in [0.15, 0.2) is 18.2 Å². The van der Waals surface area contributed by atoms with Gasteiger partial charge in [0.25, 0.3) is 5.91 Å². The number of rotatable bonds is 10. The van der Waals surface area contributed by atoms with E-state index in [0.29, 0.717) is 6.42 Å². The lowest BCUT2D eigenvalue weighted by Crippen LogP contribution is -2.44. The number of benzene rings is 1. The van der Waals surface area contributed by atoms with Crippen LogP contribution in [0, 0.1) is 0 Å². The second-order valence-electron chi connectivity index (χ2n) is 7.79. The van der Waals surface area contributed by atoms with Crippen LogP contribution in [0.1, 0.15) is 66.7 Å². The number of carbonyl (C=O) groups excluding carboxylic acids is 5. The third kappa shape index (κ3) is 5.83. The molecule has 1 aliphatic rings. The number of esters is 2. The fraction of sp³-hybridized carbons (Fsp3) is 0.500. The van der Waals surface area contributed by atoms with Crippen LogP contribution in [0.2, 0.25) is 0 Å². The molecule has 1 fully saturated rings. The van der Waals surface area contributed by atoms with Crippen molar-refractivity contribution < 1.29 is 33.4 Å². The fourth-order valence-corrected chi connectivity index (χ4v) is 3.48. The number of nitrogens with zero attached hydrogens (tertiary/aromatic N) is 1. The number of nitrogens with one attached hydrogen (secondary N) is 2. The van der Waals surface area contributed by atoms with Crippen molar-refractivity contribution in [3.8, 4) is 0 Å². The second-order valence-corrected chi connectivity index (χ2v) is 7.79. The van der Waals surface area contributed by atoms with Crippen molar-refractivity contribution in [1.82, 2.24) is 10.2 Å². The van der Waals surface area contributed by atoms with E-state index in [1.165, 1.54) is 32.4 Å². The number of unbranched alkanes of at least 4 members (excludes halogenated alkanes) is 3. The van der Waals surface area contributed by atoms with Crippen LogP contribution in [0.4, 0.5) is 10.5 Å². The maximum absolute atomic E-state index is 12.8. The Labute approximate surface area is 186 Å². The molecule has 1 atom stereocenters. The highest BCUT2D eigenvalue weighted by Crippen LogP contribution is 2.24. The summed E-state index contributed by atoms with van der Waals surface area (Å²) in [6, 6.07) is 3.27. The van der Waals surface area contributed by atoms with Gasteiger partial charge < -0.3 is 20.1 Å². The summed E-state index contributed by atoms with van der Waals surface area (Å²) in [6.07, 6.45) is 4.32. The van der Waals surface area contributed by atoms with Gasteiger partial charge in [0, 0.05) is 5.69 Å². The van der Waals surface area contributed by atoms with Gasteiger partial charge in [-0.05, 0) is 31.5 Å². The van der Waals surface area contributed by atoms with Gasteiger partial charge in [0.1, 0.15) is 12.1 Å². The average Bonchev–Trinajstić information content (AvgIpc) is 2.98. The molecule has 0 bridgehead atoms. The molecule has 1 unspecified atom stereocenters. The Morgan fingerprint density at radius 2 is 1.59 bits per heavy atom. The van der Waals surface area contributed by atoms with E-state index in [-0.39, 0.29) is 16.8 Å². The first-order valence-electron chi connectivity index (χ1n) is 10.4. The molecule has 32 heavy (non-hydrogen) atoms. The van der Waals surface area contributed by atoms with E-state index in [4.69, 9.17) is 0 Å². The number of hydrogen-bond donors (Lipinski definition) is 2. The van der Waals surface area contributed by atoms with Gasteiger partial charge in [0.05, 0.1) is 25.3 Å². The first-order chi connectivity index (χ1) is 15.1. The van der Waals surface area contributed by atoms with Crippen LogP contribution in [0.5, 0.6) is 0 Å². The van der Waals surface area contributed by atoms with Crippen molar-refractivity contribution in [2.75, 3.05) is 26.1 Å². The molecule has 2 rings (SSSR count). The Morgan fingerprint density at radius 1 is 1.00 bits per heavy atom. The molecule has 10 heteroatoms. The Hall–Kier alpha value is -3.43. The van der Waals surface area contributed by atoms with Gasteiger partial charge in [0.2, 0.25) is 5.91 Å². The molecule has 1 saturated heterocycles. The summed E-state index contributed by atoms with van der Waals surface area (Å²) in [6.45, 7) is 3.23. The van der Waals surface area contributed by atoms with E-state index in [1.54, 1.807) is 6.92 Å². The Kier molecular flexibility index (Phi) is 8.34. The number of methoxy groups -OCH3 is 2. The predicted octanol–water partition coefficient (Wildman–Crippen LogP) is 2.48. The van der Waals surface area contributed by atoms with Crippen LogP contribution in [0.25, 0.3) is 0 Å². The van der Waals surface area contributed by atoms with Crippen LogP contribution < -0.4 is 10.6 Å². The van der Waals surface area contributed by atoms with Crippen molar-refractivity contribution in [3.05, 3.63) is 29.3 Å². The first kappa shape index (κ1) is 24.8. The van der Waals surface area contributed by atoms with E-state index in [0.717, 1.165) is 30.6 Å². The highest BCUT2D eigenvalue weighted by atomic mass is 16.5. The van der Waals surface area contributed by atoms with Gasteiger partial charge >= 0.3 is 18.0 Å². The van der Waals surface area contributed by atoms with Crippen molar-refractivity contribution >= 4 is 35.5 Å². The van der Waals surface area contributed by atoms with E-state index >= 15 is 0 Å². The smallest absolute Gasteiger partial charge is 0.337 e. The van der Waals surface area contributed by atoms with Crippen molar-refractivity contribution in [1.29, 1.82) is 0 Å². The van der Waals surface area contributed by atoms with Crippen LogP contribution in [-0.2, 0) is 19.1 Å². The summed E-state index contributed by atoms with van der Waals surface area (Å²) < 4.78 is 9.32. The summed E-state index contributed by atoms with van der Waals surface area (Å²) in [5.74, 6) is -2.55. The zero-order chi connectivity index (χ0) is 23.9. The molecule has 2 N–H and O–H groups in total. The van der Waals surface area contributed by atoms with Crippen LogP contribution >= 0.6 is 0 Å². The van der Waals surface area contributed by atoms with E-state index in [9.17, 15) is 24.0 Å². The summed E-state index contributed by atoms with van der Waals surface area (Å²) in [5, 5.41) is 5.18. The van der Waals surface area contributed by atoms with Crippen LogP contribution in [-0.4, -0.2) is 61.0 Å². The molecule has 0 aromatic heterocycles. The summed E-state index contributed by atoms with van der Waals surface area (Å²) >= 11 is 0. The average molecular weight is 447 g/mol. The molecule has 1 aromatic rings. The molecule has 4 amide bonds. The predicted molar refractivity (Wildman–Crippen MR) is 115 cm³/mol. The van der Waals surface area contributed by atoms with Crippen molar-refractivity contribution in [2.45, 2.75) is 51.5 Å². The molecule has 1 aliphatic heterocycles. The molecule has 10 nitrogen and oxygen atoms in total. The first-order valence-corrected chi connectivity index (χ1v) is 10.4. The van der Waals surface area contributed by atoms with Gasteiger partial charge in [0.15, 0.2) is 0 Å². The third-order valence-corrected chi connectivity index (χ3v) is 5.24. The highest BCUT2D eigenvalue weighted by molar-refractivity contribution is 6.10. The normalized spacial score (nSPS) is 17.7. The third-order valence-electron chi connectivity index (χ3n) is 5.24. The minimum atomic E-state index is -1.05. The monoisotopic (exact) mass is 447 g/mol. The minimum absolute atomic E-state index is 0.0281. The van der Waals surface area contributed by atoms with E-state index < -0.39 is 41.9 Å². The topological polar surface area (TPSA) is 131 Å². The van der Waals surface area contributed by atoms with E-state index in [1.807, 2.05) is 0 Å². The Morgan fingerprint density at radius 3 is 2.12 bits per heavy atom. The number of amides is 4. The quantitative estimate of drug-likeness (QED) is 0.320. The molecule has 174 valence electrons. The molecule has 0 aliphatic carbocycles. The molecular formula is C22H29N3O7. The standard InChI is InChI=1S/C22H29N3O7/c1-5-6-7-8-9-22(2)20(29)25(21(30)24-22)13-17(26)23-16-11-14(18(27)31-3)10-15(12-16)19(28)32-4/h10-12H,5-9,13H2,1-4H3,(H,23,26)(H,24,30). The number of carbonyl (C=O) groups is 5. The van der Waals surface area contributed by atoms with Gasteiger partial charge in [-0.3, -0.25) is 14.5 Å². The molecule has 0 radical (unpaired) electrons. The van der Waals surface area contributed by atoms with Gasteiger partial charge in [-0.15, -0.1) is 0 Å².